The van der Waals surface area contributed by atoms with Gasteiger partial charge in [-0.25, -0.2) is 29.9 Å². The third-order valence-electron chi connectivity index (χ3n) is 5.88. The van der Waals surface area contributed by atoms with Crippen molar-refractivity contribution < 1.29 is 142 Å². The van der Waals surface area contributed by atoms with Crippen LogP contribution in [0.2, 0.25) is 0 Å². The monoisotopic (exact) mass is 761 g/mol. The number of sulfone groups is 1. The summed E-state index contributed by atoms with van der Waals surface area (Å²) < 4.78 is 94.5. The molecule has 3 aromatic carbocycles. The molecule has 0 aliphatic heterocycles. The van der Waals surface area contributed by atoms with Gasteiger partial charge in [0.15, 0.2) is 15.5 Å². The summed E-state index contributed by atoms with van der Waals surface area (Å²) in [6, 6.07) is 14.2. The molecule has 0 fully saturated rings. The van der Waals surface area contributed by atoms with Crippen LogP contribution in [0.4, 0.5) is 17.1 Å². The summed E-state index contributed by atoms with van der Waals surface area (Å²) >= 11 is 0. The van der Waals surface area contributed by atoms with Gasteiger partial charge in [0, 0.05) is 11.3 Å². The van der Waals surface area contributed by atoms with Gasteiger partial charge >= 0.3 is 88.7 Å². The normalized spacial score (nSPS) is 11.6. The van der Waals surface area contributed by atoms with E-state index in [1.165, 1.54) is 42.5 Å². The van der Waals surface area contributed by atoms with Crippen LogP contribution in [0, 0.1) is 0 Å². The summed E-state index contributed by atoms with van der Waals surface area (Å²) in [4.78, 5) is 36.3. The first-order chi connectivity index (χ1) is 21.4. The number of benzene rings is 3. The van der Waals surface area contributed by atoms with Gasteiger partial charge in [-0.15, -0.1) is 5.11 Å². The summed E-state index contributed by atoms with van der Waals surface area (Å²) in [6.45, 7) is -0.894. The quantitative estimate of drug-likeness (QED) is 0.0588. The summed E-state index contributed by atoms with van der Waals surface area (Å²) in [5.41, 5.74) is -2.23. The maximum absolute atomic E-state index is 12.9. The van der Waals surface area contributed by atoms with Crippen LogP contribution in [0.1, 0.15) is 20.8 Å². The van der Waals surface area contributed by atoms with Gasteiger partial charge < -0.3 is 24.3 Å². The number of aromatic amines is 1. The minimum absolute atomic E-state index is 0. The molecule has 1 amide bonds. The summed E-state index contributed by atoms with van der Waals surface area (Å²) in [5, 5.41) is 23.9. The van der Waals surface area contributed by atoms with Crippen LogP contribution in [0.3, 0.4) is 0 Å². The molecule has 2 N–H and O–H groups in total. The predicted octanol–water partition coefficient (Wildman–Crippen LogP) is -8.64. The average Bonchev–Trinajstić information content (AvgIpc) is 3.31. The van der Waals surface area contributed by atoms with Crippen molar-refractivity contribution in [1.29, 1.82) is 0 Å². The maximum atomic E-state index is 12.9. The van der Waals surface area contributed by atoms with Crippen LogP contribution in [-0.4, -0.2) is 68.4 Å². The van der Waals surface area contributed by atoms with E-state index in [0.29, 0.717) is 0 Å². The number of nitrogens with zero attached hydrogens (tertiary/aromatic N) is 3. The van der Waals surface area contributed by atoms with Crippen molar-refractivity contribution in [3.8, 4) is 5.69 Å². The van der Waals surface area contributed by atoms with Crippen molar-refractivity contribution in [2.24, 2.45) is 10.2 Å². The number of aromatic carboxylic acids is 1. The van der Waals surface area contributed by atoms with Gasteiger partial charge in [-0.1, -0.05) is 6.07 Å². The van der Waals surface area contributed by atoms with Gasteiger partial charge in [0.05, 0.1) is 39.5 Å². The van der Waals surface area contributed by atoms with Gasteiger partial charge in [0.2, 0.25) is 10.4 Å². The molecule has 0 aliphatic rings. The van der Waals surface area contributed by atoms with Crippen molar-refractivity contribution in [3.05, 3.63) is 94.4 Å². The summed E-state index contributed by atoms with van der Waals surface area (Å²) in [6.07, 6.45) is 0. The van der Waals surface area contributed by atoms with Crippen molar-refractivity contribution in [3.63, 3.8) is 0 Å². The molecule has 18 nitrogen and oxygen atoms in total. The molecule has 4 rings (SSSR count). The van der Waals surface area contributed by atoms with Crippen molar-refractivity contribution in [2.45, 2.75) is 9.79 Å². The number of anilines is 1. The second-order valence-corrected chi connectivity index (χ2v) is 13.5. The zero-order chi connectivity index (χ0) is 33.9. The van der Waals surface area contributed by atoms with Crippen LogP contribution in [0.5, 0.6) is 0 Å². The fraction of sp³-hybridized carbons (Fsp3) is 0.0800. The van der Waals surface area contributed by atoms with Crippen LogP contribution < -0.4 is 105 Å². The van der Waals surface area contributed by atoms with E-state index in [1.54, 1.807) is 0 Å². The Morgan fingerprint density at radius 1 is 0.837 bits per heavy atom. The number of aromatic nitrogens is 2. The molecule has 242 valence electrons. The molecule has 0 radical (unpaired) electrons. The standard InChI is InChI=1S/C25H21N5O13S3.3Na/c31-23(26-17-2-1-3-20(14-17)44(35,36)13-12-43-46(40,41)42)15-4-6-16(7-5-15)27-28-21-22(25(33)34)29-30(24(21)32)18-8-10-19(11-9-18)45(37,38)39;;;/h1-11,14,29H,12-13H2,(H,26,31)(H,33,34)(H,37,38,39)(H,40,41,42);;;/q;3*+1/p-3. The number of carbonyl (C=O) groups excluding carboxylic acids is 2. The summed E-state index contributed by atoms with van der Waals surface area (Å²) in [5.74, 6) is -3.30. The van der Waals surface area contributed by atoms with Gasteiger partial charge in [-0.3, -0.25) is 18.9 Å². The molecule has 0 saturated heterocycles. The Bertz CT molecular complexity index is 2240. The third kappa shape index (κ3) is 12.3. The number of hydrogen-bond donors (Lipinski definition) is 2. The van der Waals surface area contributed by atoms with Crippen LogP contribution in [-0.2, 0) is 34.5 Å². The molecule has 0 spiro atoms. The van der Waals surface area contributed by atoms with Gasteiger partial charge in [-0.2, -0.15) is 5.11 Å². The Morgan fingerprint density at radius 2 is 1.45 bits per heavy atom. The number of H-pyrrole nitrogens is 1. The Hall–Kier alpha value is -2.06. The first-order valence-corrected chi connectivity index (χ1v) is 16.7. The Balaban J connectivity index is 0.00000400. The SMILES string of the molecule is O=C(Nc1cccc(S(=O)(=O)CCOS(=O)(=O)[O-])c1)c1ccc(N=Nc2c(C(=O)[O-])[nH]n(-c3ccc(S(=O)(=O)[O-])cc3)c2=O)cc1.[Na+].[Na+].[Na+]. The maximum Gasteiger partial charge on any atom is 1.00 e. The molecule has 0 aliphatic carbocycles. The zero-order valence-corrected chi connectivity index (χ0v) is 34.2. The number of carbonyl (C=O) groups is 2. The second-order valence-electron chi connectivity index (χ2n) is 8.99. The Kier molecular flexibility index (Phi) is 16.9. The summed E-state index contributed by atoms with van der Waals surface area (Å²) in [7, 11) is -13.9. The third-order valence-corrected chi connectivity index (χ3v) is 8.86. The number of carboxylic acid groups (broad SMARTS) is 1. The molecule has 4 aromatic rings. The molecule has 0 bridgehead atoms. The predicted molar refractivity (Wildman–Crippen MR) is 151 cm³/mol. The number of hydrogen-bond acceptors (Lipinski definition) is 15. The van der Waals surface area contributed by atoms with Gasteiger partial charge in [-0.05, 0) is 66.7 Å². The number of nitrogens with one attached hydrogen (secondary N) is 2. The van der Waals surface area contributed by atoms with Crippen LogP contribution in [0.25, 0.3) is 5.69 Å². The van der Waals surface area contributed by atoms with Crippen molar-refractivity contribution >= 4 is 59.3 Å². The van der Waals surface area contributed by atoms with E-state index >= 15 is 0 Å². The number of azo groups is 1. The molecule has 24 heteroatoms. The van der Waals surface area contributed by atoms with E-state index < -0.39 is 76.4 Å². The molecule has 49 heavy (non-hydrogen) atoms. The molecule has 0 atom stereocenters. The van der Waals surface area contributed by atoms with Crippen LogP contribution >= 0.6 is 0 Å². The first-order valence-electron chi connectivity index (χ1n) is 12.3. The molecule has 1 aromatic heterocycles. The van der Waals surface area contributed by atoms with E-state index in [1.807, 2.05) is 0 Å². The molecule has 0 saturated carbocycles. The van der Waals surface area contributed by atoms with Gasteiger partial charge in [0.1, 0.15) is 15.8 Å². The largest absolute Gasteiger partial charge is 1.00 e. The van der Waals surface area contributed by atoms with Crippen LogP contribution in [0.15, 0.2) is 97.6 Å². The van der Waals surface area contributed by atoms with E-state index in [2.05, 4.69) is 24.8 Å². The van der Waals surface area contributed by atoms with E-state index in [4.69, 9.17) is 0 Å². The molecule has 1 heterocycles. The Labute approximate surface area is 344 Å². The Morgan fingerprint density at radius 3 is 2.00 bits per heavy atom. The minimum Gasteiger partial charge on any atom is -0.744 e. The van der Waals surface area contributed by atoms with E-state index in [0.717, 1.165) is 35.0 Å². The first kappa shape index (κ1) is 45.0. The number of amides is 1. The number of carboxylic acids is 1. The topological polar surface area (TPSA) is 290 Å². The van der Waals surface area contributed by atoms with Gasteiger partial charge in [0.25, 0.3) is 11.5 Å². The van der Waals surface area contributed by atoms with Crippen molar-refractivity contribution in [1.82, 2.24) is 9.78 Å². The number of rotatable bonds is 12. The fourth-order valence-electron chi connectivity index (χ4n) is 3.73. The zero-order valence-electron chi connectivity index (χ0n) is 25.7. The molecular weight excluding hydrogens is 743 g/mol. The fourth-order valence-corrected chi connectivity index (χ4v) is 5.72. The van der Waals surface area contributed by atoms with Crippen molar-refractivity contribution in [2.75, 3.05) is 17.7 Å². The average molecular weight is 762 g/mol. The molecule has 0 unspecified atom stereocenters. The smallest absolute Gasteiger partial charge is 0.744 e. The molecular formula is C25H18N5Na3O13S3. The second kappa shape index (κ2) is 18.4. The van der Waals surface area contributed by atoms with E-state index in [9.17, 15) is 53.8 Å². The minimum atomic E-state index is -5.08. The van der Waals surface area contributed by atoms with E-state index in [-0.39, 0.29) is 116 Å².